The third-order valence-corrected chi connectivity index (χ3v) is 13.7. The molecule has 0 rings (SSSR count). The van der Waals surface area contributed by atoms with Crippen LogP contribution in [0.2, 0.25) is 0 Å². The average molecular weight is 887 g/mol. The minimum absolute atomic E-state index is 0.0667. The van der Waals surface area contributed by atoms with E-state index >= 15 is 0 Å². The molecule has 0 spiro atoms. The molecule has 0 aliphatic heterocycles. The van der Waals surface area contributed by atoms with Crippen LogP contribution >= 0.6 is 0 Å². The predicted molar refractivity (Wildman–Crippen MR) is 281 cm³/mol. The van der Waals surface area contributed by atoms with Crippen molar-refractivity contribution >= 4 is 5.91 Å². The fourth-order valence-corrected chi connectivity index (χ4v) is 9.26. The largest absolute Gasteiger partial charge is 0.394 e. The second-order valence-corrected chi connectivity index (χ2v) is 20.1. The van der Waals surface area contributed by atoms with Crippen LogP contribution in [0.5, 0.6) is 0 Å². The van der Waals surface area contributed by atoms with Crippen LogP contribution in [-0.2, 0) is 4.79 Å². The summed E-state index contributed by atoms with van der Waals surface area (Å²) in [6, 6.07) is -0.636. The van der Waals surface area contributed by atoms with E-state index in [0.717, 1.165) is 32.1 Å². The Balaban J connectivity index is 3.43. The molecular weight excluding hydrogens is 771 g/mol. The minimum atomic E-state index is -0.859. The molecule has 0 aromatic carbocycles. The van der Waals surface area contributed by atoms with E-state index in [1.165, 1.54) is 276 Å². The Morgan fingerprint density at radius 3 is 0.921 bits per heavy atom. The summed E-state index contributed by atoms with van der Waals surface area (Å²) >= 11 is 0. The van der Waals surface area contributed by atoms with E-state index in [2.05, 4.69) is 31.3 Å². The molecule has 0 aromatic heterocycles. The van der Waals surface area contributed by atoms with Crippen molar-refractivity contribution in [1.29, 1.82) is 0 Å². The van der Waals surface area contributed by atoms with Crippen molar-refractivity contribution in [3.63, 3.8) is 0 Å². The van der Waals surface area contributed by atoms with Gasteiger partial charge in [0.1, 0.15) is 0 Å². The van der Waals surface area contributed by atoms with Gasteiger partial charge < -0.3 is 15.5 Å². The van der Waals surface area contributed by atoms with Crippen LogP contribution in [-0.4, -0.2) is 34.9 Å². The lowest BCUT2D eigenvalue weighted by molar-refractivity contribution is -0.123. The first-order valence-corrected chi connectivity index (χ1v) is 29.1. The van der Waals surface area contributed by atoms with E-state index in [0.29, 0.717) is 6.42 Å². The van der Waals surface area contributed by atoms with Crippen molar-refractivity contribution in [2.45, 2.75) is 341 Å². The molecule has 0 aliphatic carbocycles. The van der Waals surface area contributed by atoms with E-state index in [-0.39, 0.29) is 12.5 Å². The lowest BCUT2D eigenvalue weighted by Gasteiger charge is -2.19. The van der Waals surface area contributed by atoms with Gasteiger partial charge in [-0.2, -0.15) is 0 Å². The fourth-order valence-electron chi connectivity index (χ4n) is 9.26. The third-order valence-electron chi connectivity index (χ3n) is 13.7. The molecule has 0 fully saturated rings. The number of allylic oxidation sites excluding steroid dienone is 3. The zero-order chi connectivity index (χ0) is 45.6. The summed E-state index contributed by atoms with van der Waals surface area (Å²) in [6.07, 6.45) is 73.6. The highest BCUT2D eigenvalue weighted by Crippen LogP contribution is 2.18. The molecule has 0 aliphatic rings. The average Bonchev–Trinajstić information content (AvgIpc) is 3.29. The molecule has 1 amide bonds. The number of amides is 1. The van der Waals surface area contributed by atoms with Crippen LogP contribution < -0.4 is 5.32 Å². The lowest BCUT2D eigenvalue weighted by Crippen LogP contribution is -2.45. The maximum atomic E-state index is 12.5. The Morgan fingerprint density at radius 1 is 0.365 bits per heavy atom. The van der Waals surface area contributed by atoms with Crippen LogP contribution in [0.15, 0.2) is 24.3 Å². The van der Waals surface area contributed by atoms with Crippen molar-refractivity contribution in [3.05, 3.63) is 24.3 Å². The highest BCUT2D eigenvalue weighted by atomic mass is 16.3. The Labute approximate surface area is 396 Å². The van der Waals surface area contributed by atoms with Crippen molar-refractivity contribution in [1.82, 2.24) is 5.32 Å². The van der Waals surface area contributed by atoms with E-state index in [4.69, 9.17) is 0 Å². The number of nitrogens with one attached hydrogen (secondary N) is 1. The normalized spacial score (nSPS) is 12.9. The molecular formula is C59H115NO3. The first kappa shape index (κ1) is 61.9. The van der Waals surface area contributed by atoms with E-state index in [9.17, 15) is 15.0 Å². The quantitative estimate of drug-likeness (QED) is 0.0421. The van der Waals surface area contributed by atoms with Crippen LogP contribution in [0.3, 0.4) is 0 Å². The number of hydrogen-bond acceptors (Lipinski definition) is 3. The molecule has 0 radical (unpaired) electrons. The number of carbonyl (C=O) groups is 1. The molecule has 2 atom stereocenters. The summed E-state index contributed by atoms with van der Waals surface area (Å²) in [5.41, 5.74) is 0. The van der Waals surface area contributed by atoms with Gasteiger partial charge in [0.15, 0.2) is 0 Å². The second-order valence-electron chi connectivity index (χ2n) is 20.1. The molecule has 0 aromatic rings. The van der Waals surface area contributed by atoms with Crippen LogP contribution in [0, 0.1) is 0 Å². The Hall–Kier alpha value is -1.13. The van der Waals surface area contributed by atoms with Crippen molar-refractivity contribution in [2.75, 3.05) is 6.61 Å². The van der Waals surface area contributed by atoms with Gasteiger partial charge in [0.25, 0.3) is 0 Å². The standard InChI is InChI=1S/C59H115NO3/c1-3-5-7-9-11-13-15-17-19-21-23-24-25-26-27-28-29-30-31-32-33-34-35-36-37-39-41-43-45-47-49-51-53-55-59(63)60-57(56-61)58(62)54-52-50-48-46-44-42-40-38-22-20-18-16-14-12-10-8-6-4-2/h44,46,52,54,57-58,61-62H,3-43,45,47-51,53,55-56H2,1-2H3,(H,60,63)/b46-44+,54-52+. The van der Waals surface area contributed by atoms with Crippen molar-refractivity contribution in [2.24, 2.45) is 0 Å². The summed E-state index contributed by atoms with van der Waals surface area (Å²) < 4.78 is 0. The summed E-state index contributed by atoms with van der Waals surface area (Å²) in [7, 11) is 0. The number of rotatable bonds is 54. The number of hydrogen-bond donors (Lipinski definition) is 3. The van der Waals surface area contributed by atoms with Crippen molar-refractivity contribution < 1.29 is 15.0 Å². The van der Waals surface area contributed by atoms with Gasteiger partial charge >= 0.3 is 0 Å². The van der Waals surface area contributed by atoms with Gasteiger partial charge in [0, 0.05) is 6.42 Å². The van der Waals surface area contributed by atoms with E-state index < -0.39 is 12.1 Å². The van der Waals surface area contributed by atoms with E-state index in [1.54, 1.807) is 6.08 Å². The Bertz CT molecular complexity index is 916. The lowest BCUT2D eigenvalue weighted by atomic mass is 10.0. The van der Waals surface area contributed by atoms with Crippen LogP contribution in [0.25, 0.3) is 0 Å². The Kier molecular flexibility index (Phi) is 54.2. The van der Waals surface area contributed by atoms with Crippen molar-refractivity contribution in [3.8, 4) is 0 Å². The summed E-state index contributed by atoms with van der Waals surface area (Å²) in [4.78, 5) is 12.5. The predicted octanol–water partition coefficient (Wildman–Crippen LogP) is 19.1. The molecule has 4 nitrogen and oxygen atoms in total. The molecule has 374 valence electrons. The molecule has 0 bridgehead atoms. The zero-order valence-corrected chi connectivity index (χ0v) is 43.1. The summed E-state index contributed by atoms with van der Waals surface area (Å²) in [5.74, 6) is -0.0667. The fraction of sp³-hybridized carbons (Fsp3) is 0.915. The first-order valence-electron chi connectivity index (χ1n) is 29.1. The van der Waals surface area contributed by atoms with Crippen LogP contribution in [0.4, 0.5) is 0 Å². The van der Waals surface area contributed by atoms with Gasteiger partial charge in [0.05, 0.1) is 18.8 Å². The van der Waals surface area contributed by atoms with Gasteiger partial charge in [0.2, 0.25) is 5.91 Å². The van der Waals surface area contributed by atoms with Gasteiger partial charge in [-0.3, -0.25) is 4.79 Å². The number of aliphatic hydroxyl groups excluding tert-OH is 2. The molecule has 0 saturated heterocycles. The molecule has 4 heteroatoms. The molecule has 63 heavy (non-hydrogen) atoms. The zero-order valence-electron chi connectivity index (χ0n) is 43.1. The Morgan fingerprint density at radius 2 is 0.619 bits per heavy atom. The molecule has 2 unspecified atom stereocenters. The summed E-state index contributed by atoms with van der Waals surface area (Å²) in [5, 5.41) is 23.1. The smallest absolute Gasteiger partial charge is 0.220 e. The molecule has 0 saturated carbocycles. The van der Waals surface area contributed by atoms with Gasteiger partial charge in [-0.25, -0.2) is 0 Å². The highest BCUT2D eigenvalue weighted by molar-refractivity contribution is 5.76. The minimum Gasteiger partial charge on any atom is -0.394 e. The molecule has 3 N–H and O–H groups in total. The van der Waals surface area contributed by atoms with Gasteiger partial charge in [-0.05, 0) is 32.1 Å². The maximum absolute atomic E-state index is 12.5. The third kappa shape index (κ3) is 51.7. The van der Waals surface area contributed by atoms with Crippen LogP contribution in [0.1, 0.15) is 328 Å². The SMILES string of the molecule is CCCCCCCCCCCCCC/C=C/CC/C=C/C(O)C(CO)NC(=O)CCCCCCCCCCCCCCCCCCCCCCCCCCCCCCCCCCC. The van der Waals surface area contributed by atoms with E-state index in [1.807, 2.05) is 6.08 Å². The monoisotopic (exact) mass is 886 g/mol. The maximum Gasteiger partial charge on any atom is 0.220 e. The topological polar surface area (TPSA) is 69.6 Å². The van der Waals surface area contributed by atoms with Gasteiger partial charge in [-0.1, -0.05) is 314 Å². The highest BCUT2D eigenvalue weighted by Gasteiger charge is 2.18. The molecule has 0 heterocycles. The van der Waals surface area contributed by atoms with Gasteiger partial charge in [-0.15, -0.1) is 0 Å². The number of unbranched alkanes of at least 4 members (excludes halogenated alkanes) is 45. The second kappa shape index (κ2) is 55.2. The number of aliphatic hydroxyl groups is 2. The summed E-state index contributed by atoms with van der Waals surface area (Å²) in [6.45, 7) is 4.33. The first-order chi connectivity index (χ1) is 31.2. The number of carbonyl (C=O) groups excluding carboxylic acids is 1.